The van der Waals surface area contributed by atoms with Crippen LogP contribution in [0.25, 0.3) is 92.9 Å². The summed E-state index contributed by atoms with van der Waals surface area (Å²) < 4.78 is 9.22. The van der Waals surface area contributed by atoms with Gasteiger partial charge in [-0.05, 0) is 74.3 Å². The van der Waals surface area contributed by atoms with Crippen LogP contribution in [-0.4, -0.2) is 16.2 Å². The maximum Gasteiger partial charge on any atom is 0.160 e. The largest absolute Gasteiger partial charge is 0.455 e. The molecule has 0 amide bonds. The van der Waals surface area contributed by atoms with Crippen LogP contribution in [0.3, 0.4) is 0 Å². The summed E-state index contributed by atoms with van der Waals surface area (Å²) in [6.07, 6.45) is -0.458. The molecule has 0 saturated carbocycles. The summed E-state index contributed by atoms with van der Waals surface area (Å²) in [6.45, 7) is 0. The summed E-state index contributed by atoms with van der Waals surface area (Å²) in [6, 6.07) is 73.4. The van der Waals surface area contributed by atoms with Crippen LogP contribution >= 0.6 is 0 Å². The smallest absolute Gasteiger partial charge is 0.160 e. The van der Waals surface area contributed by atoms with Crippen molar-refractivity contribution < 1.29 is 4.42 Å². The number of nitrogens with one attached hydrogen (secondary N) is 1. The molecule has 1 aliphatic heterocycles. The van der Waals surface area contributed by atoms with E-state index in [1.165, 1.54) is 21.5 Å². The fourth-order valence-electron chi connectivity index (χ4n) is 9.74. The average molecular weight is 793 g/mol. The minimum atomic E-state index is -0.458. The zero-order valence-electron chi connectivity index (χ0n) is 33.5. The highest BCUT2D eigenvalue weighted by Crippen LogP contribution is 2.43. The minimum absolute atomic E-state index is 0.458. The molecular formula is C57H36N4O. The van der Waals surface area contributed by atoms with Crippen LogP contribution in [0.1, 0.15) is 22.9 Å². The lowest BCUT2D eigenvalue weighted by Gasteiger charge is -2.26. The van der Waals surface area contributed by atoms with E-state index < -0.39 is 6.17 Å². The van der Waals surface area contributed by atoms with E-state index in [9.17, 15) is 0 Å². The fraction of sp³-hybridized carbons (Fsp3) is 0.0175. The molecule has 0 spiro atoms. The summed E-state index contributed by atoms with van der Waals surface area (Å²) in [7, 11) is 0. The Balaban J connectivity index is 1.08. The number of furan rings is 1. The monoisotopic (exact) mass is 792 g/mol. The molecule has 62 heavy (non-hydrogen) atoms. The van der Waals surface area contributed by atoms with Crippen molar-refractivity contribution in [1.29, 1.82) is 0 Å². The van der Waals surface area contributed by atoms with Crippen LogP contribution in [-0.2, 0) is 0 Å². The molecule has 0 radical (unpaired) electrons. The number of nitrogens with zero attached hydrogens (tertiary/aromatic N) is 3. The zero-order chi connectivity index (χ0) is 40.7. The maximum absolute atomic E-state index is 6.79. The van der Waals surface area contributed by atoms with Crippen molar-refractivity contribution in [2.24, 2.45) is 9.98 Å². The molecule has 3 heterocycles. The van der Waals surface area contributed by atoms with Crippen molar-refractivity contribution in [3.8, 4) is 16.8 Å². The molecule has 12 aromatic rings. The lowest BCUT2D eigenvalue weighted by molar-refractivity contribution is 0.669. The lowest BCUT2D eigenvalue weighted by atomic mass is 9.96. The molecule has 0 fully saturated rings. The molecule has 1 N–H and O–H groups in total. The molecule has 0 saturated heterocycles. The number of aliphatic imine (C=N–C) groups is 2. The second kappa shape index (κ2) is 13.6. The summed E-state index contributed by atoms with van der Waals surface area (Å²) in [4.78, 5) is 10.8. The van der Waals surface area contributed by atoms with Gasteiger partial charge in [-0.15, -0.1) is 0 Å². The molecule has 290 valence electrons. The molecular weight excluding hydrogens is 757 g/mol. The third-order valence-electron chi connectivity index (χ3n) is 12.6. The van der Waals surface area contributed by atoms with Crippen LogP contribution in [0.15, 0.2) is 221 Å². The van der Waals surface area contributed by atoms with Gasteiger partial charge in [0.15, 0.2) is 5.84 Å². The van der Waals surface area contributed by atoms with Gasteiger partial charge in [0, 0.05) is 43.8 Å². The molecule has 1 unspecified atom stereocenters. The summed E-state index contributed by atoms with van der Waals surface area (Å²) in [5.41, 5.74) is 10.1. The first-order valence-electron chi connectivity index (χ1n) is 21.1. The SMILES string of the molecule is c1ccc2cc3c(cc2c1)c1ccccc1n3-c1ccc(C2N=C(c3cccc4ccccc34)N=C(c3cccc4ccccc34)N2)cc1-c1cccc2c1oc1ccccc12. The van der Waals surface area contributed by atoms with Crippen LogP contribution in [0.5, 0.6) is 0 Å². The molecule has 13 rings (SSSR count). The standard InChI is InChI=1S/C57H36N4O/c1-2-17-38-34-52-48(32-37(38)16-1)42-22-7-9-28-50(42)61(52)51-31-30-39(33-49(51)45-25-13-24-44-43-23-8-10-29-53(43)62-54(44)45)55-58-56(46-26-11-18-35-14-3-5-20-40(35)46)60-57(59-55)47-27-12-19-36-15-4-6-21-41(36)47/h1-34,55H,(H,58,59,60). The van der Waals surface area contributed by atoms with E-state index in [0.717, 1.165) is 93.9 Å². The first-order chi connectivity index (χ1) is 30.7. The zero-order valence-corrected chi connectivity index (χ0v) is 33.5. The first kappa shape index (κ1) is 34.6. The minimum Gasteiger partial charge on any atom is -0.455 e. The van der Waals surface area contributed by atoms with Gasteiger partial charge < -0.3 is 14.3 Å². The Morgan fingerprint density at radius 1 is 0.419 bits per heavy atom. The quantitative estimate of drug-likeness (QED) is 0.189. The van der Waals surface area contributed by atoms with Crippen LogP contribution in [0.2, 0.25) is 0 Å². The van der Waals surface area contributed by atoms with Gasteiger partial charge >= 0.3 is 0 Å². The molecule has 10 aromatic carbocycles. The van der Waals surface area contributed by atoms with Crippen molar-refractivity contribution in [2.45, 2.75) is 6.17 Å². The van der Waals surface area contributed by atoms with Crippen molar-refractivity contribution >= 4 is 87.7 Å². The maximum atomic E-state index is 6.79. The first-order valence-corrected chi connectivity index (χ1v) is 21.1. The topological polar surface area (TPSA) is 54.8 Å². The molecule has 2 aromatic heterocycles. The molecule has 1 atom stereocenters. The number of para-hydroxylation sites is 3. The van der Waals surface area contributed by atoms with E-state index >= 15 is 0 Å². The van der Waals surface area contributed by atoms with Gasteiger partial charge in [-0.1, -0.05) is 170 Å². The third kappa shape index (κ3) is 5.35. The number of benzene rings is 10. The molecule has 5 nitrogen and oxygen atoms in total. The Kier molecular flexibility index (Phi) is 7.60. The van der Waals surface area contributed by atoms with Crippen molar-refractivity contribution in [3.05, 3.63) is 223 Å². The third-order valence-corrected chi connectivity index (χ3v) is 12.6. The second-order valence-corrected chi connectivity index (χ2v) is 16.1. The van der Waals surface area contributed by atoms with Gasteiger partial charge in [-0.2, -0.15) is 0 Å². The van der Waals surface area contributed by atoms with Gasteiger partial charge in [0.05, 0.1) is 16.7 Å². The van der Waals surface area contributed by atoms with Crippen molar-refractivity contribution in [3.63, 3.8) is 0 Å². The summed E-state index contributed by atoms with van der Waals surface area (Å²) >= 11 is 0. The molecule has 1 aliphatic rings. The van der Waals surface area contributed by atoms with Gasteiger partial charge in [-0.3, -0.25) is 0 Å². The summed E-state index contributed by atoms with van der Waals surface area (Å²) in [5.74, 6) is 1.47. The highest BCUT2D eigenvalue weighted by molar-refractivity contribution is 6.20. The molecule has 0 aliphatic carbocycles. The van der Waals surface area contributed by atoms with E-state index in [-0.39, 0.29) is 0 Å². The second-order valence-electron chi connectivity index (χ2n) is 16.1. The van der Waals surface area contributed by atoms with E-state index in [1.54, 1.807) is 0 Å². The Morgan fingerprint density at radius 2 is 1.02 bits per heavy atom. The van der Waals surface area contributed by atoms with E-state index in [0.29, 0.717) is 5.84 Å². The number of amidine groups is 2. The Hall–Kier alpha value is -8.28. The number of rotatable bonds is 5. The van der Waals surface area contributed by atoms with Gasteiger partial charge in [-0.25, -0.2) is 9.98 Å². The number of aromatic nitrogens is 1. The van der Waals surface area contributed by atoms with Crippen LogP contribution < -0.4 is 5.32 Å². The van der Waals surface area contributed by atoms with Crippen molar-refractivity contribution in [1.82, 2.24) is 9.88 Å². The number of hydrogen-bond donors (Lipinski definition) is 1. The van der Waals surface area contributed by atoms with E-state index in [2.05, 4.69) is 210 Å². The lowest BCUT2D eigenvalue weighted by Crippen LogP contribution is -2.33. The number of hydrogen-bond acceptors (Lipinski definition) is 4. The normalized spacial score (nSPS) is 14.3. The van der Waals surface area contributed by atoms with Gasteiger partial charge in [0.25, 0.3) is 0 Å². The van der Waals surface area contributed by atoms with Crippen LogP contribution in [0, 0.1) is 0 Å². The van der Waals surface area contributed by atoms with Gasteiger partial charge in [0.1, 0.15) is 23.2 Å². The van der Waals surface area contributed by atoms with E-state index in [1.807, 2.05) is 6.07 Å². The molecule has 0 bridgehead atoms. The van der Waals surface area contributed by atoms with Crippen molar-refractivity contribution in [2.75, 3.05) is 0 Å². The average Bonchev–Trinajstić information content (AvgIpc) is 3.88. The molecule has 5 heteroatoms. The highest BCUT2D eigenvalue weighted by atomic mass is 16.3. The Bertz CT molecular complexity index is 3860. The fourth-order valence-corrected chi connectivity index (χ4v) is 9.74. The number of fused-ring (bicyclic) bond motifs is 9. The Morgan fingerprint density at radius 3 is 1.82 bits per heavy atom. The Labute approximate surface area is 356 Å². The summed E-state index contributed by atoms with van der Waals surface area (Å²) in [5, 5.41) is 15.4. The highest BCUT2D eigenvalue weighted by Gasteiger charge is 2.26. The predicted molar refractivity (Wildman–Crippen MR) is 258 cm³/mol. The van der Waals surface area contributed by atoms with Crippen LogP contribution in [0.4, 0.5) is 0 Å². The van der Waals surface area contributed by atoms with E-state index in [4.69, 9.17) is 14.4 Å². The predicted octanol–water partition coefficient (Wildman–Crippen LogP) is 14.3. The van der Waals surface area contributed by atoms with Gasteiger partial charge in [0.2, 0.25) is 0 Å².